The molecule has 1 saturated carbocycles. The molecule has 1 aromatic carbocycles. The van der Waals surface area contributed by atoms with Crippen molar-refractivity contribution in [3.05, 3.63) is 59.7 Å². The third-order valence-corrected chi connectivity index (χ3v) is 7.05. The van der Waals surface area contributed by atoms with Gasteiger partial charge < -0.3 is 20.9 Å². The Morgan fingerprint density at radius 1 is 1.03 bits per heavy atom. The van der Waals surface area contributed by atoms with Crippen LogP contribution in [0.5, 0.6) is 0 Å². The molecule has 3 aliphatic rings. The maximum atomic E-state index is 13.5. The maximum absolute atomic E-state index is 13.5. The summed E-state index contributed by atoms with van der Waals surface area (Å²) < 4.78 is 13.5. The fourth-order valence-corrected chi connectivity index (χ4v) is 4.83. The van der Waals surface area contributed by atoms with Gasteiger partial charge in [0.05, 0.1) is 17.6 Å². The highest BCUT2D eigenvalue weighted by molar-refractivity contribution is 5.94. The van der Waals surface area contributed by atoms with Crippen LogP contribution in [0.3, 0.4) is 0 Å². The van der Waals surface area contributed by atoms with Gasteiger partial charge in [0.25, 0.3) is 5.91 Å². The number of halogens is 1. The van der Waals surface area contributed by atoms with Gasteiger partial charge in [-0.3, -0.25) is 14.4 Å². The van der Waals surface area contributed by atoms with Gasteiger partial charge in [-0.2, -0.15) is 0 Å². The number of nitrogens with one attached hydrogen (secondary N) is 3. The minimum Gasteiger partial charge on any atom is -0.350 e. The van der Waals surface area contributed by atoms with Crippen LogP contribution >= 0.6 is 0 Å². The highest BCUT2D eigenvalue weighted by atomic mass is 19.1. The number of rotatable bonds is 6. The lowest BCUT2D eigenvalue weighted by molar-refractivity contribution is -0.133. The van der Waals surface area contributed by atoms with E-state index in [0.717, 1.165) is 18.4 Å². The Hall–Kier alpha value is -4.28. The van der Waals surface area contributed by atoms with E-state index in [2.05, 4.69) is 49.6 Å². The maximum Gasteiger partial charge on any atom is 0.251 e. The van der Waals surface area contributed by atoms with Crippen molar-refractivity contribution in [1.29, 1.82) is 0 Å². The van der Waals surface area contributed by atoms with E-state index in [1.165, 1.54) is 6.33 Å². The van der Waals surface area contributed by atoms with E-state index in [-0.39, 0.29) is 55.2 Å². The molecule has 4 atom stereocenters. The molecule has 39 heavy (non-hydrogen) atoms. The number of carbonyl (C=O) groups is 3. The van der Waals surface area contributed by atoms with Crippen LogP contribution in [0.15, 0.2) is 43.0 Å². The van der Waals surface area contributed by atoms with Crippen LogP contribution < -0.4 is 16.0 Å². The highest BCUT2D eigenvalue weighted by Gasteiger charge is 2.42. The predicted octanol–water partition coefficient (Wildman–Crippen LogP) is 0.805. The first-order valence-corrected chi connectivity index (χ1v) is 13.1. The second kappa shape index (κ2) is 12.1. The van der Waals surface area contributed by atoms with Crippen LogP contribution in [-0.4, -0.2) is 76.5 Å². The number of hydrogen-bond acceptors (Lipinski definition) is 6. The molecule has 200 valence electrons. The Labute approximate surface area is 226 Å². The lowest BCUT2D eigenvalue weighted by atomic mass is 10.1. The molecule has 2 aromatic rings. The van der Waals surface area contributed by atoms with Gasteiger partial charge in [-0.05, 0) is 61.3 Å². The highest BCUT2D eigenvalue weighted by Crippen LogP contribution is 2.33. The van der Waals surface area contributed by atoms with Gasteiger partial charge in [-0.15, -0.1) is 0 Å². The molecular weight excluding hydrogens is 499 g/mol. The van der Waals surface area contributed by atoms with E-state index in [1.807, 2.05) is 0 Å². The summed E-state index contributed by atoms with van der Waals surface area (Å²) in [6.07, 6.45) is 6.05. The Morgan fingerprint density at radius 2 is 1.74 bits per heavy atom. The number of aromatic nitrogens is 2. The first-order chi connectivity index (χ1) is 19.0. The number of amides is 3. The molecule has 2 aliphatic heterocycles. The third-order valence-electron chi connectivity index (χ3n) is 7.05. The summed E-state index contributed by atoms with van der Waals surface area (Å²) in [7, 11) is 0. The van der Waals surface area contributed by atoms with Crippen LogP contribution in [-0.2, 0) is 9.59 Å². The largest absolute Gasteiger partial charge is 0.350 e. The van der Waals surface area contributed by atoms with Gasteiger partial charge in [0.15, 0.2) is 0 Å². The molecule has 3 heterocycles. The molecule has 1 aromatic heterocycles. The number of carbonyl (C=O) groups excluding carboxylic acids is 3. The van der Waals surface area contributed by atoms with E-state index in [9.17, 15) is 18.8 Å². The van der Waals surface area contributed by atoms with Gasteiger partial charge in [0, 0.05) is 61.5 Å². The van der Waals surface area contributed by atoms with Crippen LogP contribution in [0, 0.1) is 29.6 Å². The summed E-state index contributed by atoms with van der Waals surface area (Å²) in [5.41, 5.74) is 1.87. The average Bonchev–Trinajstić information content (AvgIpc) is 3.59. The molecule has 0 spiro atoms. The van der Waals surface area contributed by atoms with E-state index in [4.69, 9.17) is 0 Å². The van der Waals surface area contributed by atoms with Gasteiger partial charge in [0.1, 0.15) is 12.5 Å². The first-order valence-electron chi connectivity index (χ1n) is 13.1. The quantitative estimate of drug-likeness (QED) is 0.478. The summed E-state index contributed by atoms with van der Waals surface area (Å²) in [6, 6.07) is 5.86. The van der Waals surface area contributed by atoms with Crippen molar-refractivity contribution >= 4 is 17.7 Å². The van der Waals surface area contributed by atoms with E-state index < -0.39 is 12.2 Å². The van der Waals surface area contributed by atoms with Crippen molar-refractivity contribution in [3.8, 4) is 23.7 Å². The van der Waals surface area contributed by atoms with E-state index in [0.29, 0.717) is 24.1 Å². The average molecular weight is 529 g/mol. The topological polar surface area (TPSA) is 116 Å². The Balaban J connectivity index is 1.15. The van der Waals surface area contributed by atoms with Crippen molar-refractivity contribution in [1.82, 2.24) is 30.8 Å². The monoisotopic (exact) mass is 528 g/mol. The molecular formula is C29H29FN6O3. The smallest absolute Gasteiger partial charge is 0.251 e. The molecule has 1 aliphatic carbocycles. The molecule has 9 nitrogen and oxygen atoms in total. The molecule has 2 saturated heterocycles. The van der Waals surface area contributed by atoms with Crippen molar-refractivity contribution in [3.63, 3.8) is 0 Å². The molecule has 10 heteroatoms. The van der Waals surface area contributed by atoms with Crippen LogP contribution in [0.4, 0.5) is 4.39 Å². The molecule has 3 N–H and O–H groups in total. The van der Waals surface area contributed by atoms with Crippen molar-refractivity contribution in [2.45, 2.75) is 50.0 Å². The summed E-state index contributed by atoms with van der Waals surface area (Å²) in [6.45, 7) is 0.842. The van der Waals surface area contributed by atoms with Gasteiger partial charge >= 0.3 is 0 Å². The van der Waals surface area contributed by atoms with Crippen LogP contribution in [0.25, 0.3) is 0 Å². The standard InChI is InChI=1S/C29H29FN6O3/c30-23-11-26(33-15-23)28(38)35-24-12-25(36(17-24)29(39)22-9-10-22)16-34-27(37)21-7-5-19(6-8-21)3-1-2-4-20-13-31-18-32-14-20/h5-8,13-14,18,22-26,33H,9-12,15-17H2,(H,34,37)(H,35,38)/t23-,24+,25+,26-/m0/s1. The van der Waals surface area contributed by atoms with Gasteiger partial charge in [-0.1, -0.05) is 5.92 Å². The minimum atomic E-state index is -1.02. The zero-order valence-electron chi connectivity index (χ0n) is 21.3. The number of benzene rings is 1. The SMILES string of the molecule is O=C(NC[C@H]1C[C@@H](NC(=O)[C@@H]2C[C@H](F)CN2)CN1C(=O)C1CC1)c1ccc(C#CC#Cc2cncnc2)cc1. The minimum absolute atomic E-state index is 0.0285. The fraction of sp³-hybridized carbons (Fsp3) is 0.414. The van der Waals surface area contributed by atoms with Crippen molar-refractivity contribution < 1.29 is 18.8 Å². The molecule has 3 fully saturated rings. The summed E-state index contributed by atoms with van der Waals surface area (Å²) in [5, 5.41) is 8.79. The summed E-state index contributed by atoms with van der Waals surface area (Å²) in [4.78, 5) is 47.9. The zero-order valence-corrected chi connectivity index (χ0v) is 21.3. The van der Waals surface area contributed by atoms with Crippen molar-refractivity contribution in [2.75, 3.05) is 19.6 Å². The number of likely N-dealkylation sites (tertiary alicyclic amines) is 1. The summed E-state index contributed by atoms with van der Waals surface area (Å²) >= 11 is 0. The normalized spacial score (nSPS) is 23.7. The molecule has 5 rings (SSSR count). The Kier molecular flexibility index (Phi) is 8.14. The number of alkyl halides is 1. The Bertz CT molecular complexity index is 1340. The van der Waals surface area contributed by atoms with Gasteiger partial charge in [-0.25, -0.2) is 14.4 Å². The predicted molar refractivity (Wildman–Crippen MR) is 141 cm³/mol. The lowest BCUT2D eigenvalue weighted by Gasteiger charge is -2.25. The zero-order chi connectivity index (χ0) is 27.2. The summed E-state index contributed by atoms with van der Waals surface area (Å²) in [5.74, 6) is 10.9. The molecule has 0 unspecified atom stereocenters. The van der Waals surface area contributed by atoms with Crippen LogP contribution in [0.1, 0.15) is 47.2 Å². The van der Waals surface area contributed by atoms with Gasteiger partial charge in [0.2, 0.25) is 11.8 Å². The fourth-order valence-electron chi connectivity index (χ4n) is 4.83. The second-order valence-electron chi connectivity index (χ2n) is 10.1. The Morgan fingerprint density at radius 3 is 2.41 bits per heavy atom. The lowest BCUT2D eigenvalue weighted by Crippen LogP contribution is -2.46. The first kappa shape index (κ1) is 26.3. The van der Waals surface area contributed by atoms with E-state index >= 15 is 0 Å². The number of nitrogens with zero attached hydrogens (tertiary/aromatic N) is 3. The second-order valence-corrected chi connectivity index (χ2v) is 10.1. The molecule has 0 bridgehead atoms. The van der Waals surface area contributed by atoms with E-state index in [1.54, 1.807) is 41.6 Å². The third kappa shape index (κ3) is 6.98. The molecule has 0 radical (unpaired) electrons. The molecule has 3 amide bonds. The number of hydrogen-bond donors (Lipinski definition) is 3. The van der Waals surface area contributed by atoms with Crippen LogP contribution in [0.2, 0.25) is 0 Å². The van der Waals surface area contributed by atoms with Crippen molar-refractivity contribution in [2.24, 2.45) is 5.92 Å².